The molecule has 0 saturated carbocycles. The zero-order chi connectivity index (χ0) is 12.1. The van der Waals surface area contributed by atoms with Gasteiger partial charge in [-0.05, 0) is 25.9 Å². The molecule has 0 aliphatic carbocycles. The molecular formula is C11H20N2O3. The van der Waals surface area contributed by atoms with E-state index in [0.717, 1.165) is 25.9 Å². The van der Waals surface area contributed by atoms with E-state index in [-0.39, 0.29) is 18.2 Å². The molecule has 1 aliphatic heterocycles. The molecular weight excluding hydrogens is 208 g/mol. The van der Waals surface area contributed by atoms with Gasteiger partial charge in [0.05, 0.1) is 6.42 Å². The minimum absolute atomic E-state index is 0.121. The van der Waals surface area contributed by atoms with Gasteiger partial charge in [0.1, 0.15) is 0 Å². The van der Waals surface area contributed by atoms with E-state index in [1.54, 1.807) is 19.0 Å². The van der Waals surface area contributed by atoms with Gasteiger partial charge in [0.2, 0.25) is 5.91 Å². The number of hydrogen-bond donors (Lipinski definition) is 1. The maximum absolute atomic E-state index is 11.7. The van der Waals surface area contributed by atoms with Gasteiger partial charge in [-0.15, -0.1) is 0 Å². The molecule has 5 nitrogen and oxygen atoms in total. The predicted molar refractivity (Wildman–Crippen MR) is 60.1 cm³/mol. The average Bonchev–Trinajstić information content (AvgIpc) is 2.26. The lowest BCUT2D eigenvalue weighted by atomic mass is 9.95. The van der Waals surface area contributed by atoms with Crippen molar-refractivity contribution >= 4 is 11.9 Å². The van der Waals surface area contributed by atoms with E-state index >= 15 is 0 Å². The van der Waals surface area contributed by atoms with Gasteiger partial charge < -0.3 is 14.9 Å². The Morgan fingerprint density at radius 1 is 1.31 bits per heavy atom. The average molecular weight is 228 g/mol. The van der Waals surface area contributed by atoms with E-state index in [1.165, 1.54) is 0 Å². The summed E-state index contributed by atoms with van der Waals surface area (Å²) in [5.74, 6) is -0.444. The maximum Gasteiger partial charge on any atom is 0.304 e. The summed E-state index contributed by atoms with van der Waals surface area (Å²) in [4.78, 5) is 25.9. The minimum atomic E-state index is -0.758. The van der Waals surface area contributed by atoms with Gasteiger partial charge in [0, 0.05) is 26.6 Å². The van der Waals surface area contributed by atoms with Crippen molar-refractivity contribution in [3.8, 4) is 0 Å². The number of carbonyl (C=O) groups is 2. The fourth-order valence-electron chi connectivity index (χ4n) is 2.02. The van der Waals surface area contributed by atoms with Crippen molar-refractivity contribution in [3.05, 3.63) is 0 Å². The molecule has 1 N–H and O–H groups in total. The second kappa shape index (κ2) is 5.84. The van der Waals surface area contributed by atoms with Crippen LogP contribution < -0.4 is 0 Å². The highest BCUT2D eigenvalue weighted by molar-refractivity contribution is 5.78. The van der Waals surface area contributed by atoms with Crippen LogP contribution >= 0.6 is 0 Å². The lowest BCUT2D eigenvalue weighted by Crippen LogP contribution is -2.40. The summed E-state index contributed by atoms with van der Waals surface area (Å²) in [7, 11) is 3.55. The smallest absolute Gasteiger partial charge is 0.304 e. The molecule has 0 radical (unpaired) electrons. The summed E-state index contributed by atoms with van der Waals surface area (Å²) >= 11 is 0. The lowest BCUT2D eigenvalue weighted by Gasteiger charge is -2.31. The van der Waals surface area contributed by atoms with Crippen LogP contribution in [0.5, 0.6) is 0 Å². The van der Waals surface area contributed by atoms with Crippen LogP contribution in [0.1, 0.15) is 19.3 Å². The molecule has 1 fully saturated rings. The van der Waals surface area contributed by atoms with Gasteiger partial charge in [-0.25, -0.2) is 0 Å². The Morgan fingerprint density at radius 3 is 2.31 bits per heavy atom. The van der Waals surface area contributed by atoms with Crippen molar-refractivity contribution in [2.24, 2.45) is 5.92 Å². The van der Waals surface area contributed by atoms with Crippen LogP contribution in [0.4, 0.5) is 0 Å². The Balaban J connectivity index is 2.28. The van der Waals surface area contributed by atoms with Crippen molar-refractivity contribution in [1.29, 1.82) is 0 Å². The van der Waals surface area contributed by atoms with E-state index in [0.29, 0.717) is 6.54 Å². The zero-order valence-corrected chi connectivity index (χ0v) is 9.98. The van der Waals surface area contributed by atoms with Crippen molar-refractivity contribution in [3.63, 3.8) is 0 Å². The monoisotopic (exact) mass is 228 g/mol. The van der Waals surface area contributed by atoms with Crippen LogP contribution in [0, 0.1) is 5.92 Å². The Bertz CT molecular complexity index is 258. The van der Waals surface area contributed by atoms with Gasteiger partial charge in [0.15, 0.2) is 0 Å². The molecule has 0 spiro atoms. The predicted octanol–water partition coefficient (Wildman–Crippen LogP) is 0.261. The molecule has 0 aromatic carbocycles. The lowest BCUT2D eigenvalue weighted by molar-refractivity contribution is -0.138. The first kappa shape index (κ1) is 13.0. The Kier molecular flexibility index (Phi) is 4.73. The van der Waals surface area contributed by atoms with Crippen LogP contribution in [0.3, 0.4) is 0 Å². The maximum atomic E-state index is 11.7. The third kappa shape index (κ3) is 3.81. The molecule has 1 heterocycles. The first-order valence-electron chi connectivity index (χ1n) is 5.66. The molecule has 0 bridgehead atoms. The Hall–Kier alpha value is -1.10. The summed E-state index contributed by atoms with van der Waals surface area (Å²) in [5, 5.41) is 8.57. The van der Waals surface area contributed by atoms with Gasteiger partial charge >= 0.3 is 5.97 Å². The number of nitrogens with zero attached hydrogens (tertiary/aromatic N) is 2. The molecule has 0 aromatic rings. The fourth-order valence-corrected chi connectivity index (χ4v) is 2.02. The molecule has 1 rings (SSSR count). The molecule has 1 aliphatic rings. The minimum Gasteiger partial charge on any atom is -0.481 e. The molecule has 92 valence electrons. The number of rotatable bonds is 4. The zero-order valence-electron chi connectivity index (χ0n) is 9.98. The highest BCUT2D eigenvalue weighted by Crippen LogP contribution is 2.18. The highest BCUT2D eigenvalue weighted by atomic mass is 16.4. The van der Waals surface area contributed by atoms with Gasteiger partial charge in [-0.3, -0.25) is 9.59 Å². The van der Waals surface area contributed by atoms with Gasteiger partial charge in [-0.2, -0.15) is 0 Å². The normalized spacial score (nSPS) is 18.4. The third-order valence-corrected chi connectivity index (χ3v) is 3.02. The first-order valence-corrected chi connectivity index (χ1v) is 5.66. The Labute approximate surface area is 96.0 Å². The number of carbonyl (C=O) groups excluding carboxylic acids is 1. The summed E-state index contributed by atoms with van der Waals surface area (Å²) in [6.07, 6.45) is 1.87. The van der Waals surface area contributed by atoms with Gasteiger partial charge in [0.25, 0.3) is 0 Å². The molecule has 0 unspecified atom stereocenters. The van der Waals surface area contributed by atoms with Crippen molar-refractivity contribution in [2.45, 2.75) is 19.3 Å². The number of aliphatic carboxylic acids is 1. The van der Waals surface area contributed by atoms with Crippen LogP contribution in [-0.4, -0.2) is 60.5 Å². The standard InChI is InChI=1S/C11H20N2O3/c1-12(2)11(16)9-3-6-13(7-4-9)8-5-10(14)15/h9H,3-8H2,1-2H3,(H,14,15). The molecule has 1 amide bonds. The molecule has 16 heavy (non-hydrogen) atoms. The molecule has 1 saturated heterocycles. The van der Waals surface area contributed by atoms with Crippen molar-refractivity contribution in [1.82, 2.24) is 9.80 Å². The quantitative estimate of drug-likeness (QED) is 0.750. The molecule has 5 heteroatoms. The van der Waals surface area contributed by atoms with E-state index in [9.17, 15) is 9.59 Å². The number of likely N-dealkylation sites (tertiary alicyclic amines) is 1. The van der Waals surface area contributed by atoms with Gasteiger partial charge in [-0.1, -0.05) is 0 Å². The first-order chi connectivity index (χ1) is 7.50. The second-order valence-electron chi connectivity index (χ2n) is 4.49. The van der Waals surface area contributed by atoms with Crippen LogP contribution in [0.2, 0.25) is 0 Å². The van der Waals surface area contributed by atoms with Crippen LogP contribution in [-0.2, 0) is 9.59 Å². The van der Waals surface area contributed by atoms with Crippen molar-refractivity contribution < 1.29 is 14.7 Å². The van der Waals surface area contributed by atoms with E-state index in [1.807, 2.05) is 0 Å². The summed E-state index contributed by atoms with van der Waals surface area (Å²) < 4.78 is 0. The Morgan fingerprint density at radius 2 is 1.88 bits per heavy atom. The van der Waals surface area contributed by atoms with Crippen LogP contribution in [0.25, 0.3) is 0 Å². The topological polar surface area (TPSA) is 60.9 Å². The third-order valence-electron chi connectivity index (χ3n) is 3.02. The fraction of sp³-hybridized carbons (Fsp3) is 0.818. The molecule has 0 atom stereocenters. The second-order valence-corrected chi connectivity index (χ2v) is 4.49. The van der Waals surface area contributed by atoms with Crippen LogP contribution in [0.15, 0.2) is 0 Å². The van der Waals surface area contributed by atoms with E-state index in [4.69, 9.17) is 5.11 Å². The number of hydrogen-bond acceptors (Lipinski definition) is 3. The largest absolute Gasteiger partial charge is 0.481 e. The molecule has 0 aromatic heterocycles. The van der Waals surface area contributed by atoms with E-state index in [2.05, 4.69) is 4.90 Å². The van der Waals surface area contributed by atoms with Crippen molar-refractivity contribution in [2.75, 3.05) is 33.7 Å². The number of amides is 1. The number of carboxylic acids is 1. The summed E-state index contributed by atoms with van der Waals surface area (Å²) in [6.45, 7) is 2.26. The van der Waals surface area contributed by atoms with E-state index < -0.39 is 5.97 Å². The summed E-state index contributed by atoms with van der Waals surface area (Å²) in [6, 6.07) is 0. The summed E-state index contributed by atoms with van der Waals surface area (Å²) in [5.41, 5.74) is 0. The number of piperidine rings is 1. The number of carboxylic acid groups (broad SMARTS) is 1. The SMILES string of the molecule is CN(C)C(=O)C1CCN(CCC(=O)O)CC1. The highest BCUT2D eigenvalue weighted by Gasteiger charge is 2.25.